The highest BCUT2D eigenvalue weighted by atomic mass is 32.2. The number of carbonyl (C=O) groups is 1. The van der Waals surface area contributed by atoms with Gasteiger partial charge in [-0.3, -0.25) is 14.0 Å². The first-order valence-electron chi connectivity index (χ1n) is 4.24. The number of nitrogens with zero attached hydrogens (tertiary/aromatic N) is 1. The third kappa shape index (κ3) is 4.64. The molecule has 0 aliphatic heterocycles. The topological polar surface area (TPSA) is 67.3 Å². The molecule has 0 aliphatic rings. The summed E-state index contributed by atoms with van der Waals surface area (Å²) in [6.45, 7) is 0. The first-order chi connectivity index (χ1) is 7.08. The maximum Gasteiger partial charge on any atom is 0.304 e. The Balaban J connectivity index is 2.48. The van der Waals surface area contributed by atoms with E-state index in [4.69, 9.17) is 5.11 Å². The van der Waals surface area contributed by atoms with Gasteiger partial charge in [-0.2, -0.15) is 0 Å². The van der Waals surface area contributed by atoms with Crippen LogP contribution in [0.1, 0.15) is 12.0 Å². The summed E-state index contributed by atoms with van der Waals surface area (Å²) in [6, 6.07) is 1.24. The quantitative estimate of drug-likeness (QED) is 0.819. The molecule has 1 unspecified atom stereocenters. The molecule has 0 aliphatic carbocycles. The lowest BCUT2D eigenvalue weighted by molar-refractivity contribution is -0.136. The molecule has 4 nitrogen and oxygen atoms in total. The van der Waals surface area contributed by atoms with Gasteiger partial charge >= 0.3 is 5.97 Å². The Hall–Kier alpha value is -1.30. The average Bonchev–Trinajstić information content (AvgIpc) is 2.15. The van der Waals surface area contributed by atoms with Gasteiger partial charge in [0.25, 0.3) is 0 Å². The summed E-state index contributed by atoms with van der Waals surface area (Å²) < 4.78 is 24.0. The molecule has 1 atom stereocenters. The molecule has 1 aromatic heterocycles. The Labute approximate surface area is 88.6 Å². The van der Waals surface area contributed by atoms with E-state index in [9.17, 15) is 13.4 Å². The van der Waals surface area contributed by atoms with E-state index in [2.05, 4.69) is 4.98 Å². The highest BCUT2D eigenvalue weighted by molar-refractivity contribution is 7.84. The van der Waals surface area contributed by atoms with Crippen LogP contribution in [0.15, 0.2) is 18.5 Å². The molecule has 0 radical (unpaired) electrons. The monoisotopic (exact) mass is 231 g/mol. The zero-order chi connectivity index (χ0) is 11.3. The van der Waals surface area contributed by atoms with E-state index < -0.39 is 22.6 Å². The number of rotatable bonds is 5. The second-order valence-corrected chi connectivity index (χ2v) is 4.52. The minimum atomic E-state index is -1.29. The molecule has 6 heteroatoms. The van der Waals surface area contributed by atoms with Crippen LogP contribution in [-0.2, 0) is 21.3 Å². The van der Waals surface area contributed by atoms with Crippen molar-refractivity contribution in [2.75, 3.05) is 5.75 Å². The van der Waals surface area contributed by atoms with Gasteiger partial charge in [-0.1, -0.05) is 0 Å². The minimum Gasteiger partial charge on any atom is -0.481 e. The fraction of sp³-hybridized carbons (Fsp3) is 0.333. The molecule has 0 bridgehead atoms. The van der Waals surface area contributed by atoms with Gasteiger partial charge in [0.1, 0.15) is 5.82 Å². The fourth-order valence-electron chi connectivity index (χ4n) is 0.994. The Morgan fingerprint density at radius 1 is 1.53 bits per heavy atom. The van der Waals surface area contributed by atoms with Gasteiger partial charge in [-0.15, -0.1) is 0 Å². The predicted octanol–water partition coefficient (Wildman–Crippen LogP) is 0.944. The molecule has 1 N–H and O–H groups in total. The maximum atomic E-state index is 12.7. The molecule has 0 amide bonds. The van der Waals surface area contributed by atoms with Gasteiger partial charge in [0, 0.05) is 22.7 Å². The van der Waals surface area contributed by atoms with Crippen molar-refractivity contribution in [2.45, 2.75) is 12.2 Å². The van der Waals surface area contributed by atoms with E-state index in [1.165, 1.54) is 12.3 Å². The lowest BCUT2D eigenvalue weighted by atomic mass is 10.3. The first-order valence-corrected chi connectivity index (χ1v) is 5.73. The van der Waals surface area contributed by atoms with Crippen molar-refractivity contribution in [3.05, 3.63) is 29.8 Å². The molecule has 15 heavy (non-hydrogen) atoms. The third-order valence-corrected chi connectivity index (χ3v) is 2.95. The molecule has 1 rings (SSSR count). The number of carboxylic acid groups (broad SMARTS) is 1. The number of hydrogen-bond donors (Lipinski definition) is 1. The fourth-order valence-corrected chi connectivity index (χ4v) is 2.07. The first kappa shape index (κ1) is 11.8. The molecule has 1 aromatic rings. The SMILES string of the molecule is O=C(O)CCS(=O)Cc1cncc(F)c1. The Morgan fingerprint density at radius 2 is 2.27 bits per heavy atom. The van der Waals surface area contributed by atoms with Crippen molar-refractivity contribution < 1.29 is 18.5 Å². The second kappa shape index (κ2) is 5.55. The molecule has 0 saturated heterocycles. The van der Waals surface area contributed by atoms with E-state index in [0.29, 0.717) is 5.56 Å². The van der Waals surface area contributed by atoms with Gasteiger partial charge in [-0.25, -0.2) is 4.39 Å². The Morgan fingerprint density at radius 3 is 2.87 bits per heavy atom. The lowest BCUT2D eigenvalue weighted by Gasteiger charge is -2.00. The largest absolute Gasteiger partial charge is 0.481 e. The van der Waals surface area contributed by atoms with Crippen LogP contribution in [0.25, 0.3) is 0 Å². The van der Waals surface area contributed by atoms with Crippen LogP contribution in [0.3, 0.4) is 0 Å². The highest BCUT2D eigenvalue weighted by Gasteiger charge is 2.05. The number of hydrogen-bond acceptors (Lipinski definition) is 3. The van der Waals surface area contributed by atoms with E-state index in [-0.39, 0.29) is 17.9 Å². The number of aliphatic carboxylic acids is 1. The zero-order valence-corrected chi connectivity index (χ0v) is 8.67. The third-order valence-electron chi connectivity index (χ3n) is 1.63. The van der Waals surface area contributed by atoms with Crippen LogP contribution in [0.5, 0.6) is 0 Å². The highest BCUT2D eigenvalue weighted by Crippen LogP contribution is 2.05. The molecule has 0 fully saturated rings. The van der Waals surface area contributed by atoms with Crippen molar-refractivity contribution in [1.29, 1.82) is 0 Å². The van der Waals surface area contributed by atoms with Crippen LogP contribution >= 0.6 is 0 Å². The number of aromatic nitrogens is 1. The van der Waals surface area contributed by atoms with Gasteiger partial charge in [0.2, 0.25) is 0 Å². The summed E-state index contributed by atoms with van der Waals surface area (Å²) in [6.07, 6.45) is 2.33. The number of halogens is 1. The van der Waals surface area contributed by atoms with Crippen LogP contribution in [0.4, 0.5) is 4.39 Å². The van der Waals surface area contributed by atoms with Crippen LogP contribution in [-0.4, -0.2) is 26.0 Å². The summed E-state index contributed by atoms with van der Waals surface area (Å²) in [5.41, 5.74) is 0.513. The summed E-state index contributed by atoms with van der Waals surface area (Å²) in [7, 11) is -1.29. The number of pyridine rings is 1. The van der Waals surface area contributed by atoms with Crippen LogP contribution < -0.4 is 0 Å². The standard InChI is InChI=1S/C9H10FNO3S/c10-8-3-7(4-11-5-8)6-15(14)2-1-9(12)13/h3-5H,1-2,6H2,(H,12,13). The average molecular weight is 231 g/mol. The molecular weight excluding hydrogens is 221 g/mol. The van der Waals surface area contributed by atoms with Crippen molar-refractivity contribution >= 4 is 16.8 Å². The second-order valence-electron chi connectivity index (χ2n) is 2.94. The van der Waals surface area contributed by atoms with E-state index in [0.717, 1.165) is 6.20 Å². The normalized spacial score (nSPS) is 12.3. The molecular formula is C9H10FNO3S. The zero-order valence-electron chi connectivity index (χ0n) is 7.85. The van der Waals surface area contributed by atoms with Crippen molar-refractivity contribution in [1.82, 2.24) is 4.98 Å². The van der Waals surface area contributed by atoms with E-state index in [1.54, 1.807) is 0 Å². The minimum absolute atomic E-state index is 0.0752. The van der Waals surface area contributed by atoms with Crippen molar-refractivity contribution in [3.63, 3.8) is 0 Å². The van der Waals surface area contributed by atoms with Crippen molar-refractivity contribution in [2.24, 2.45) is 0 Å². The molecule has 1 heterocycles. The molecule has 0 spiro atoms. The summed E-state index contributed by atoms with van der Waals surface area (Å²) in [5, 5.41) is 8.37. The van der Waals surface area contributed by atoms with Gasteiger partial charge in [0.15, 0.2) is 0 Å². The summed E-state index contributed by atoms with van der Waals surface area (Å²) >= 11 is 0. The van der Waals surface area contributed by atoms with Gasteiger partial charge in [-0.05, 0) is 11.6 Å². The van der Waals surface area contributed by atoms with Gasteiger partial charge in [0.05, 0.1) is 18.4 Å². The summed E-state index contributed by atoms with van der Waals surface area (Å²) in [4.78, 5) is 13.8. The lowest BCUT2D eigenvalue weighted by Crippen LogP contribution is -2.06. The van der Waals surface area contributed by atoms with Crippen molar-refractivity contribution in [3.8, 4) is 0 Å². The summed E-state index contributed by atoms with van der Waals surface area (Å²) in [5.74, 6) is -1.26. The number of carboxylic acids is 1. The maximum absolute atomic E-state index is 12.7. The molecule has 82 valence electrons. The van der Waals surface area contributed by atoms with Crippen LogP contribution in [0.2, 0.25) is 0 Å². The molecule has 0 aromatic carbocycles. The van der Waals surface area contributed by atoms with Crippen LogP contribution in [0, 0.1) is 5.82 Å². The Bertz CT molecular complexity index is 383. The Kier molecular flexibility index (Phi) is 4.36. The van der Waals surface area contributed by atoms with E-state index >= 15 is 0 Å². The predicted molar refractivity (Wildman–Crippen MR) is 53.2 cm³/mol. The van der Waals surface area contributed by atoms with E-state index in [1.807, 2.05) is 0 Å². The molecule has 0 saturated carbocycles. The van der Waals surface area contributed by atoms with Gasteiger partial charge < -0.3 is 5.11 Å². The smallest absolute Gasteiger partial charge is 0.304 e.